The number of nitrogens with one attached hydrogen (secondary N) is 3. The van der Waals surface area contributed by atoms with Crippen LogP contribution in [-0.4, -0.2) is 41.3 Å². The number of hydrogen-bond donors (Lipinski definition) is 4. The molecule has 0 saturated heterocycles. The van der Waals surface area contributed by atoms with Gasteiger partial charge in [0.25, 0.3) is 5.91 Å². The zero-order valence-corrected chi connectivity index (χ0v) is 22.9. The van der Waals surface area contributed by atoms with Crippen LogP contribution in [-0.2, 0) is 14.4 Å². The Bertz CT molecular complexity index is 742. The third kappa shape index (κ3) is 15.0. The highest BCUT2D eigenvalue weighted by Gasteiger charge is 2.28. The molecule has 3 amide bonds. The van der Waals surface area contributed by atoms with E-state index < -0.39 is 18.0 Å². The third-order valence-electron chi connectivity index (χ3n) is 5.59. The topological polar surface area (TPSA) is 113 Å². The van der Waals surface area contributed by atoms with E-state index in [1.807, 2.05) is 13.8 Å². The Balaban J connectivity index is 4.71. The summed E-state index contributed by atoms with van der Waals surface area (Å²) in [4.78, 5) is 36.5. The maximum Gasteiger partial charge on any atom is 0.257 e. The Morgan fingerprint density at radius 1 is 0.882 bits per heavy atom. The van der Waals surface area contributed by atoms with Gasteiger partial charge in [0.15, 0.2) is 0 Å². The number of carbonyl (C=O) groups is 3. The quantitative estimate of drug-likeness (QED) is 0.0846. The number of rotatable bonds is 16. The Kier molecular flexibility index (Phi) is 17.2. The van der Waals surface area contributed by atoms with Crippen LogP contribution in [0.1, 0.15) is 80.6 Å². The maximum absolute atomic E-state index is 12.7. The lowest BCUT2D eigenvalue weighted by molar-refractivity contribution is -0.132. The maximum atomic E-state index is 12.7. The van der Waals surface area contributed by atoms with Gasteiger partial charge in [-0.3, -0.25) is 19.8 Å². The predicted octanol–water partition coefficient (Wildman–Crippen LogP) is 4.16. The van der Waals surface area contributed by atoms with Crippen LogP contribution < -0.4 is 21.9 Å². The average molecular weight is 495 g/mol. The zero-order chi connectivity index (χ0) is 26.1. The fourth-order valence-electron chi connectivity index (χ4n) is 3.19. The largest absolute Gasteiger partial charge is 0.344 e. The lowest BCUT2D eigenvalue weighted by Crippen LogP contribution is -2.57. The lowest BCUT2D eigenvalue weighted by atomic mass is 9.98. The molecule has 3 atom stereocenters. The molecule has 0 aromatic carbocycles. The van der Waals surface area contributed by atoms with Crippen molar-refractivity contribution in [3.63, 3.8) is 0 Å². The molecule has 0 aliphatic heterocycles. The van der Waals surface area contributed by atoms with Crippen molar-refractivity contribution in [2.75, 3.05) is 11.5 Å². The van der Waals surface area contributed by atoms with Crippen molar-refractivity contribution >= 4 is 29.5 Å². The molecule has 0 aromatic rings. The monoisotopic (exact) mass is 494 g/mol. The highest BCUT2D eigenvalue weighted by Crippen LogP contribution is 2.14. The first-order valence-corrected chi connectivity index (χ1v) is 13.3. The highest BCUT2D eigenvalue weighted by molar-refractivity contribution is 7.99. The van der Waals surface area contributed by atoms with Crippen LogP contribution in [0.15, 0.2) is 34.9 Å². The lowest BCUT2D eigenvalue weighted by Gasteiger charge is -2.25. The van der Waals surface area contributed by atoms with E-state index >= 15 is 0 Å². The van der Waals surface area contributed by atoms with Crippen molar-refractivity contribution in [2.24, 2.45) is 11.8 Å². The summed E-state index contributed by atoms with van der Waals surface area (Å²) >= 11 is 1.55. The van der Waals surface area contributed by atoms with Crippen molar-refractivity contribution in [2.45, 2.75) is 92.7 Å². The molecule has 0 rings (SSSR count). The van der Waals surface area contributed by atoms with E-state index in [0.717, 1.165) is 37.9 Å². The van der Waals surface area contributed by atoms with E-state index in [9.17, 15) is 14.4 Å². The number of amides is 3. The number of nitrogens with two attached hydrogens (primary N) is 1. The fraction of sp³-hybridized carbons (Fsp3) is 0.654. The van der Waals surface area contributed by atoms with Crippen molar-refractivity contribution in [1.29, 1.82) is 0 Å². The molecule has 8 heteroatoms. The molecule has 0 aromatic heterocycles. The second-order valence-electron chi connectivity index (χ2n) is 9.13. The molecule has 194 valence electrons. The zero-order valence-electron chi connectivity index (χ0n) is 22.1. The Labute approximate surface area is 210 Å². The van der Waals surface area contributed by atoms with Gasteiger partial charge in [-0.1, -0.05) is 55.2 Å². The first-order valence-electron chi connectivity index (χ1n) is 12.1. The summed E-state index contributed by atoms with van der Waals surface area (Å²) in [5.41, 5.74) is 6.20. The molecule has 0 unspecified atom stereocenters. The van der Waals surface area contributed by atoms with Gasteiger partial charge in [-0.15, -0.1) is 0 Å². The molecule has 0 saturated carbocycles. The number of hydrazine groups is 1. The molecule has 0 spiro atoms. The summed E-state index contributed by atoms with van der Waals surface area (Å²) < 4.78 is 0. The number of hydrogen-bond acceptors (Lipinski definition) is 5. The van der Waals surface area contributed by atoms with Gasteiger partial charge in [0.2, 0.25) is 11.8 Å². The summed E-state index contributed by atoms with van der Waals surface area (Å²) in [5, 5.41) is 5.43. The summed E-state index contributed by atoms with van der Waals surface area (Å²) in [6.07, 6.45) is 11.7. The van der Waals surface area contributed by atoms with Gasteiger partial charge >= 0.3 is 0 Å². The molecule has 0 radical (unpaired) electrons. The van der Waals surface area contributed by atoms with Gasteiger partial charge < -0.3 is 10.6 Å². The van der Waals surface area contributed by atoms with E-state index in [0.29, 0.717) is 5.75 Å². The number of carbonyl (C=O) groups excluding carboxylic acids is 3. The van der Waals surface area contributed by atoms with Gasteiger partial charge in [-0.2, -0.15) is 11.8 Å². The van der Waals surface area contributed by atoms with Crippen molar-refractivity contribution in [3.8, 4) is 0 Å². The Hall–Kier alpha value is -2.06. The SMILES string of the molecule is CC[C@H](C)[C@@H](NC(C)=O)C(=O)N[C@@H](CSCC=C(C)CCC=C(C)CCC=C(C)C)C(=O)NN. The van der Waals surface area contributed by atoms with Gasteiger partial charge in [-0.25, -0.2) is 5.84 Å². The van der Waals surface area contributed by atoms with E-state index in [2.05, 4.69) is 62.0 Å². The minimum Gasteiger partial charge on any atom is -0.344 e. The van der Waals surface area contributed by atoms with Crippen molar-refractivity contribution in [1.82, 2.24) is 16.1 Å². The van der Waals surface area contributed by atoms with Crippen LogP contribution in [0, 0.1) is 5.92 Å². The molecule has 7 nitrogen and oxygen atoms in total. The molecular formula is C26H46N4O3S. The summed E-state index contributed by atoms with van der Waals surface area (Å²) in [6.45, 7) is 13.8. The third-order valence-corrected chi connectivity index (χ3v) is 6.56. The molecule has 0 heterocycles. The van der Waals surface area contributed by atoms with Gasteiger partial charge in [0.05, 0.1) is 0 Å². The van der Waals surface area contributed by atoms with Crippen LogP contribution in [0.25, 0.3) is 0 Å². The molecule has 0 bridgehead atoms. The minimum absolute atomic E-state index is 0.0614. The van der Waals surface area contributed by atoms with Gasteiger partial charge in [-0.05, 0) is 59.3 Å². The molecule has 0 aliphatic rings. The van der Waals surface area contributed by atoms with Crippen LogP contribution in [0.4, 0.5) is 0 Å². The second-order valence-corrected chi connectivity index (χ2v) is 10.2. The van der Waals surface area contributed by atoms with Crippen LogP contribution in [0.3, 0.4) is 0 Å². The molecule has 34 heavy (non-hydrogen) atoms. The summed E-state index contributed by atoms with van der Waals surface area (Å²) in [5.74, 6) is 5.26. The predicted molar refractivity (Wildman–Crippen MR) is 144 cm³/mol. The molecule has 5 N–H and O–H groups in total. The average Bonchev–Trinajstić information content (AvgIpc) is 2.77. The van der Waals surface area contributed by atoms with Gasteiger partial charge in [0, 0.05) is 18.4 Å². The molecular weight excluding hydrogens is 448 g/mol. The first kappa shape index (κ1) is 31.9. The normalized spacial score (nSPS) is 14.6. The highest BCUT2D eigenvalue weighted by atomic mass is 32.2. The smallest absolute Gasteiger partial charge is 0.257 e. The first-order chi connectivity index (χ1) is 16.0. The van der Waals surface area contributed by atoms with Crippen LogP contribution in [0.2, 0.25) is 0 Å². The number of allylic oxidation sites excluding steroid dienone is 5. The molecule has 0 fully saturated rings. The van der Waals surface area contributed by atoms with E-state index in [1.54, 1.807) is 11.8 Å². The van der Waals surface area contributed by atoms with Crippen molar-refractivity contribution < 1.29 is 14.4 Å². The standard InChI is InChI=1S/C26H46N4O3S/c1-8-21(6)24(28-22(7)31)26(33)29-23(25(32)30-27)17-34-16-15-20(5)14-10-13-19(4)12-9-11-18(2)3/h11,13,15,21,23-24H,8-10,12,14,16-17,27H2,1-7H3,(H,28,31)(H,29,33)(H,30,32)/t21-,23-,24+/m0/s1. The Morgan fingerprint density at radius 3 is 2.00 bits per heavy atom. The Morgan fingerprint density at radius 2 is 1.47 bits per heavy atom. The van der Waals surface area contributed by atoms with E-state index in [4.69, 9.17) is 5.84 Å². The van der Waals surface area contributed by atoms with E-state index in [1.165, 1.54) is 23.6 Å². The minimum atomic E-state index is -0.775. The number of thioether (sulfide) groups is 1. The summed E-state index contributed by atoms with van der Waals surface area (Å²) in [6, 6.07) is -1.47. The van der Waals surface area contributed by atoms with E-state index in [-0.39, 0.29) is 17.7 Å². The summed E-state index contributed by atoms with van der Waals surface area (Å²) in [7, 11) is 0. The fourth-order valence-corrected chi connectivity index (χ4v) is 4.20. The van der Waals surface area contributed by atoms with Crippen molar-refractivity contribution in [3.05, 3.63) is 34.9 Å². The van der Waals surface area contributed by atoms with Crippen LogP contribution in [0.5, 0.6) is 0 Å². The van der Waals surface area contributed by atoms with Gasteiger partial charge in [0.1, 0.15) is 12.1 Å². The molecule has 0 aliphatic carbocycles. The van der Waals surface area contributed by atoms with Crippen LogP contribution >= 0.6 is 11.8 Å². The second kappa shape index (κ2) is 18.3.